The maximum atomic E-state index is 10.8. The van der Waals surface area contributed by atoms with Crippen LogP contribution in [0.25, 0.3) is 5.82 Å². The van der Waals surface area contributed by atoms with Gasteiger partial charge in [0.05, 0.1) is 24.5 Å². The van der Waals surface area contributed by atoms with E-state index in [1.807, 2.05) is 0 Å². The van der Waals surface area contributed by atoms with Gasteiger partial charge < -0.3 is 4.74 Å². The van der Waals surface area contributed by atoms with Crippen LogP contribution >= 0.6 is 22.9 Å². The minimum atomic E-state index is 0.415. The fourth-order valence-corrected chi connectivity index (χ4v) is 1.87. The van der Waals surface area contributed by atoms with E-state index in [4.69, 9.17) is 16.3 Å². The van der Waals surface area contributed by atoms with E-state index in [1.165, 1.54) is 18.0 Å². The number of thiazole rings is 1. The lowest BCUT2D eigenvalue weighted by molar-refractivity contribution is 0.112. The summed E-state index contributed by atoms with van der Waals surface area (Å²) in [4.78, 5) is 15.3. The van der Waals surface area contributed by atoms with Crippen LogP contribution in [0.2, 0.25) is 5.02 Å². The second-order valence-corrected chi connectivity index (χ2v) is 4.02. The van der Waals surface area contributed by atoms with Gasteiger partial charge in [-0.3, -0.25) is 4.79 Å². The molecule has 0 aliphatic rings. The van der Waals surface area contributed by atoms with Gasteiger partial charge in [0.15, 0.2) is 12.1 Å². The first-order valence-corrected chi connectivity index (χ1v) is 5.14. The molecule has 78 valence electrons. The first kappa shape index (κ1) is 10.1. The molecular weight excluding hydrogens is 238 g/mol. The molecule has 0 amide bonds. The molecule has 0 saturated carbocycles. The minimum absolute atomic E-state index is 0.415. The molecule has 0 bridgehead atoms. The predicted molar refractivity (Wildman–Crippen MR) is 56.2 cm³/mol. The van der Waals surface area contributed by atoms with E-state index in [-0.39, 0.29) is 0 Å². The number of carbonyl (C=O) groups is 1. The lowest BCUT2D eigenvalue weighted by Gasteiger charge is -1.94. The molecule has 0 atom stereocenters. The highest BCUT2D eigenvalue weighted by Gasteiger charge is 2.13. The van der Waals surface area contributed by atoms with E-state index in [2.05, 4.69) is 10.1 Å². The number of aromatic nitrogens is 3. The summed E-state index contributed by atoms with van der Waals surface area (Å²) in [6.45, 7) is 0. The maximum Gasteiger partial charge on any atom is 0.275 e. The van der Waals surface area contributed by atoms with Crippen molar-refractivity contribution < 1.29 is 9.53 Å². The van der Waals surface area contributed by atoms with Gasteiger partial charge >= 0.3 is 0 Å². The third kappa shape index (κ3) is 1.86. The van der Waals surface area contributed by atoms with E-state index in [0.29, 0.717) is 27.2 Å². The second-order valence-electron chi connectivity index (χ2n) is 2.59. The zero-order chi connectivity index (χ0) is 10.8. The molecule has 0 saturated heterocycles. The van der Waals surface area contributed by atoms with Gasteiger partial charge in [-0.15, -0.1) is 0 Å². The molecule has 5 nitrogen and oxygen atoms in total. The van der Waals surface area contributed by atoms with Crippen LogP contribution in [0.3, 0.4) is 0 Å². The molecule has 0 spiro atoms. The summed E-state index contributed by atoms with van der Waals surface area (Å²) >= 11 is 6.88. The SMILES string of the molecule is COc1nc(-n2cc(Cl)cn2)c(C=O)s1. The number of aldehydes is 1. The summed E-state index contributed by atoms with van der Waals surface area (Å²) < 4.78 is 6.38. The lowest BCUT2D eigenvalue weighted by Crippen LogP contribution is -1.97. The van der Waals surface area contributed by atoms with Crippen molar-refractivity contribution in [1.82, 2.24) is 14.8 Å². The minimum Gasteiger partial charge on any atom is -0.473 e. The number of methoxy groups -OCH3 is 1. The van der Waals surface area contributed by atoms with Crippen molar-refractivity contribution in [3.05, 3.63) is 22.3 Å². The quantitative estimate of drug-likeness (QED) is 0.772. The zero-order valence-corrected chi connectivity index (χ0v) is 9.25. The van der Waals surface area contributed by atoms with Crippen LogP contribution in [-0.4, -0.2) is 28.2 Å². The summed E-state index contributed by atoms with van der Waals surface area (Å²) in [5, 5.41) is 4.86. The number of ether oxygens (including phenoxy) is 1. The predicted octanol–water partition coefficient (Wildman–Crippen LogP) is 1.80. The Morgan fingerprint density at radius 1 is 1.67 bits per heavy atom. The fourth-order valence-electron chi connectivity index (χ4n) is 1.05. The summed E-state index contributed by atoms with van der Waals surface area (Å²) in [7, 11) is 1.49. The van der Waals surface area contributed by atoms with Crippen molar-refractivity contribution in [1.29, 1.82) is 0 Å². The van der Waals surface area contributed by atoms with Crippen LogP contribution in [0.4, 0.5) is 0 Å². The molecule has 0 N–H and O–H groups in total. The number of rotatable bonds is 3. The Bertz CT molecular complexity index is 494. The van der Waals surface area contributed by atoms with Crippen molar-refractivity contribution in [3.63, 3.8) is 0 Å². The molecule has 2 heterocycles. The Morgan fingerprint density at radius 2 is 2.47 bits per heavy atom. The Labute approximate surface area is 94.3 Å². The highest BCUT2D eigenvalue weighted by atomic mass is 35.5. The molecule has 0 aliphatic heterocycles. The fraction of sp³-hybridized carbons (Fsp3) is 0.125. The standard InChI is InChI=1S/C8H6ClN3O2S/c1-14-8-11-7(6(4-13)15-8)12-3-5(9)2-10-12/h2-4H,1H3. The topological polar surface area (TPSA) is 57.0 Å². The number of nitrogens with zero attached hydrogens (tertiary/aromatic N) is 3. The summed E-state index contributed by atoms with van der Waals surface area (Å²) in [5.41, 5.74) is 0. The molecule has 7 heteroatoms. The molecular formula is C8H6ClN3O2S. The van der Waals surface area contributed by atoms with Gasteiger partial charge in [-0.25, -0.2) is 4.68 Å². The van der Waals surface area contributed by atoms with Crippen molar-refractivity contribution in [2.75, 3.05) is 7.11 Å². The molecule has 0 radical (unpaired) electrons. The number of hydrogen-bond donors (Lipinski definition) is 0. The normalized spacial score (nSPS) is 10.3. The largest absolute Gasteiger partial charge is 0.473 e. The smallest absolute Gasteiger partial charge is 0.275 e. The Kier molecular flexibility index (Phi) is 2.70. The van der Waals surface area contributed by atoms with Crippen molar-refractivity contribution in [2.45, 2.75) is 0 Å². The molecule has 0 aromatic carbocycles. The second kappa shape index (κ2) is 4.00. The van der Waals surface area contributed by atoms with Gasteiger partial charge in [0.2, 0.25) is 0 Å². The summed E-state index contributed by atoms with van der Waals surface area (Å²) in [6, 6.07) is 0. The van der Waals surface area contributed by atoms with Crippen molar-refractivity contribution >= 4 is 29.2 Å². The highest BCUT2D eigenvalue weighted by molar-refractivity contribution is 7.15. The van der Waals surface area contributed by atoms with E-state index in [1.54, 1.807) is 6.20 Å². The third-order valence-corrected chi connectivity index (χ3v) is 2.79. The lowest BCUT2D eigenvalue weighted by atomic mass is 10.5. The van der Waals surface area contributed by atoms with Crippen LogP contribution in [0, 0.1) is 0 Å². The van der Waals surface area contributed by atoms with Crippen LogP contribution in [-0.2, 0) is 0 Å². The molecule has 2 aromatic heterocycles. The monoisotopic (exact) mass is 243 g/mol. The Balaban J connectivity index is 2.51. The van der Waals surface area contributed by atoms with Gasteiger partial charge in [-0.1, -0.05) is 22.9 Å². The van der Waals surface area contributed by atoms with E-state index < -0.39 is 0 Å². The van der Waals surface area contributed by atoms with Crippen LogP contribution in [0.5, 0.6) is 5.19 Å². The molecule has 2 aromatic rings. The van der Waals surface area contributed by atoms with E-state index in [0.717, 1.165) is 11.3 Å². The van der Waals surface area contributed by atoms with Crippen LogP contribution in [0.15, 0.2) is 12.4 Å². The first-order valence-electron chi connectivity index (χ1n) is 3.95. The summed E-state index contributed by atoms with van der Waals surface area (Å²) in [6.07, 6.45) is 3.76. The number of hydrogen-bond acceptors (Lipinski definition) is 5. The zero-order valence-electron chi connectivity index (χ0n) is 7.68. The highest BCUT2D eigenvalue weighted by Crippen LogP contribution is 2.26. The summed E-state index contributed by atoms with van der Waals surface area (Å²) in [5.74, 6) is 0.429. The number of carbonyl (C=O) groups excluding carboxylic acids is 1. The molecule has 0 fully saturated rings. The van der Waals surface area contributed by atoms with Gasteiger partial charge in [0.25, 0.3) is 5.19 Å². The Morgan fingerprint density at radius 3 is 3.00 bits per heavy atom. The molecule has 2 rings (SSSR count). The van der Waals surface area contributed by atoms with Crippen LogP contribution < -0.4 is 4.74 Å². The maximum absolute atomic E-state index is 10.8. The molecule has 15 heavy (non-hydrogen) atoms. The molecule has 0 unspecified atom stereocenters. The van der Waals surface area contributed by atoms with E-state index >= 15 is 0 Å². The van der Waals surface area contributed by atoms with Crippen LogP contribution in [0.1, 0.15) is 9.67 Å². The van der Waals surface area contributed by atoms with Crippen molar-refractivity contribution in [2.24, 2.45) is 0 Å². The van der Waals surface area contributed by atoms with Crippen molar-refractivity contribution in [3.8, 4) is 11.0 Å². The average molecular weight is 244 g/mol. The van der Waals surface area contributed by atoms with Gasteiger partial charge in [-0.05, 0) is 0 Å². The van der Waals surface area contributed by atoms with Gasteiger partial charge in [-0.2, -0.15) is 10.1 Å². The van der Waals surface area contributed by atoms with Gasteiger partial charge in [0, 0.05) is 0 Å². The van der Waals surface area contributed by atoms with E-state index in [9.17, 15) is 4.79 Å². The van der Waals surface area contributed by atoms with Gasteiger partial charge in [0.1, 0.15) is 4.88 Å². The molecule has 0 aliphatic carbocycles. The first-order chi connectivity index (χ1) is 7.24. The average Bonchev–Trinajstić information content (AvgIpc) is 2.82. The third-order valence-electron chi connectivity index (χ3n) is 1.66. The Hall–Kier alpha value is -1.40. The number of halogens is 1.